The maximum absolute atomic E-state index is 14.5. The topological polar surface area (TPSA) is 38.0 Å². The summed E-state index contributed by atoms with van der Waals surface area (Å²) in [5.74, 6) is 5.46. The number of hydrogen-bond acceptors (Lipinski definition) is 2. The van der Waals surface area contributed by atoms with Gasteiger partial charge in [-0.05, 0) is 46.0 Å². The lowest BCUT2D eigenvalue weighted by Gasteiger charge is -2.25. The number of halogens is 3. The monoisotopic (exact) mass is 368 g/mol. The van der Waals surface area contributed by atoms with E-state index in [1.165, 1.54) is 11.1 Å². The molecule has 0 saturated heterocycles. The van der Waals surface area contributed by atoms with E-state index >= 15 is 0 Å². The summed E-state index contributed by atoms with van der Waals surface area (Å²) < 4.78 is 15.0. The average molecular weight is 370 g/mol. The Morgan fingerprint density at radius 1 is 1.29 bits per heavy atom. The molecule has 1 aliphatic rings. The highest BCUT2D eigenvalue weighted by molar-refractivity contribution is 9.10. The van der Waals surface area contributed by atoms with Gasteiger partial charge in [-0.1, -0.05) is 41.9 Å². The predicted octanol–water partition coefficient (Wildman–Crippen LogP) is 4.48. The van der Waals surface area contributed by atoms with Crippen LogP contribution in [0.2, 0.25) is 5.02 Å². The molecule has 110 valence electrons. The molecule has 2 atom stereocenters. The zero-order valence-electron chi connectivity index (χ0n) is 11.2. The molecule has 2 nitrogen and oxygen atoms in total. The van der Waals surface area contributed by atoms with Crippen LogP contribution in [0, 0.1) is 5.82 Å². The van der Waals surface area contributed by atoms with Crippen LogP contribution in [0.5, 0.6) is 0 Å². The Bertz CT molecular complexity index is 677. The minimum absolute atomic E-state index is 0.0963. The highest BCUT2D eigenvalue weighted by atomic mass is 79.9. The van der Waals surface area contributed by atoms with Crippen LogP contribution >= 0.6 is 27.5 Å². The van der Waals surface area contributed by atoms with Gasteiger partial charge in [0.1, 0.15) is 5.82 Å². The van der Waals surface area contributed by atoms with E-state index in [0.717, 1.165) is 12.8 Å². The number of nitrogens with two attached hydrogens (primary N) is 1. The summed E-state index contributed by atoms with van der Waals surface area (Å²) in [5.41, 5.74) is 5.83. The van der Waals surface area contributed by atoms with Crippen LogP contribution in [0.15, 0.2) is 40.9 Å². The molecule has 0 bridgehead atoms. The lowest BCUT2D eigenvalue weighted by Crippen LogP contribution is -2.32. The Morgan fingerprint density at radius 3 is 2.81 bits per heavy atom. The Hall–Kier alpha value is -0.940. The minimum atomic E-state index is -0.418. The van der Waals surface area contributed by atoms with Crippen molar-refractivity contribution in [2.75, 3.05) is 0 Å². The van der Waals surface area contributed by atoms with E-state index in [4.69, 9.17) is 17.4 Å². The molecule has 0 aromatic heterocycles. The van der Waals surface area contributed by atoms with Crippen molar-refractivity contribution in [3.05, 3.63) is 68.4 Å². The van der Waals surface area contributed by atoms with Crippen LogP contribution in [-0.4, -0.2) is 0 Å². The molecule has 2 aromatic rings. The van der Waals surface area contributed by atoms with Crippen molar-refractivity contribution < 1.29 is 4.39 Å². The van der Waals surface area contributed by atoms with Crippen molar-refractivity contribution in [2.24, 2.45) is 5.84 Å². The fraction of sp³-hybridized carbons (Fsp3) is 0.250. The molecule has 3 N–H and O–H groups in total. The number of nitrogens with one attached hydrogen (secondary N) is 1. The molecule has 0 spiro atoms. The summed E-state index contributed by atoms with van der Waals surface area (Å²) in [6, 6.07) is 11.4. The van der Waals surface area contributed by atoms with Gasteiger partial charge in [-0.15, -0.1) is 0 Å². The third kappa shape index (κ3) is 2.61. The zero-order valence-corrected chi connectivity index (χ0v) is 13.6. The van der Waals surface area contributed by atoms with Gasteiger partial charge in [0.2, 0.25) is 0 Å². The smallest absolute Gasteiger partial charge is 0.147 e. The SMILES string of the molecule is NNC(c1ccc(Br)c(Cl)c1F)C1CCc2ccccc21. The van der Waals surface area contributed by atoms with E-state index in [-0.39, 0.29) is 17.0 Å². The summed E-state index contributed by atoms with van der Waals surface area (Å²) >= 11 is 9.24. The maximum Gasteiger partial charge on any atom is 0.147 e. The molecule has 0 saturated carbocycles. The van der Waals surface area contributed by atoms with Gasteiger partial charge in [0.25, 0.3) is 0 Å². The summed E-state index contributed by atoms with van der Waals surface area (Å²) in [6.45, 7) is 0. The van der Waals surface area contributed by atoms with Gasteiger partial charge in [0.15, 0.2) is 0 Å². The molecule has 0 amide bonds. The zero-order chi connectivity index (χ0) is 15.0. The molecule has 3 rings (SSSR count). The average Bonchev–Trinajstić information content (AvgIpc) is 2.92. The normalized spacial score (nSPS) is 18.6. The van der Waals surface area contributed by atoms with Crippen LogP contribution in [0.4, 0.5) is 4.39 Å². The summed E-state index contributed by atoms with van der Waals surface area (Å²) in [5, 5.41) is 0.0963. The molecule has 0 aliphatic heterocycles. The fourth-order valence-corrected chi connectivity index (χ4v) is 3.62. The minimum Gasteiger partial charge on any atom is -0.271 e. The van der Waals surface area contributed by atoms with Gasteiger partial charge in [-0.25, -0.2) is 4.39 Å². The second-order valence-electron chi connectivity index (χ2n) is 5.25. The number of hydrogen-bond donors (Lipinski definition) is 2. The third-order valence-corrected chi connectivity index (χ3v) is 5.42. The van der Waals surface area contributed by atoms with Crippen LogP contribution in [0.3, 0.4) is 0 Å². The summed E-state index contributed by atoms with van der Waals surface area (Å²) in [4.78, 5) is 0. The third-order valence-electron chi connectivity index (χ3n) is 4.16. The van der Waals surface area contributed by atoms with Gasteiger partial charge < -0.3 is 0 Å². The van der Waals surface area contributed by atoms with Crippen molar-refractivity contribution in [1.29, 1.82) is 0 Å². The first-order valence-corrected chi connectivity index (χ1v) is 7.98. The van der Waals surface area contributed by atoms with E-state index in [9.17, 15) is 4.39 Å². The Labute approximate surface area is 136 Å². The van der Waals surface area contributed by atoms with Crippen LogP contribution in [-0.2, 0) is 6.42 Å². The standard InChI is InChI=1S/C16H15BrClFN2/c17-13-8-7-12(15(19)14(13)18)16(21-20)11-6-5-9-3-1-2-4-10(9)11/h1-4,7-8,11,16,21H,5-6,20H2. The first-order valence-electron chi connectivity index (χ1n) is 6.80. The second kappa shape index (κ2) is 6.05. The van der Waals surface area contributed by atoms with Gasteiger partial charge in [-0.2, -0.15) is 0 Å². The molecule has 21 heavy (non-hydrogen) atoms. The van der Waals surface area contributed by atoms with E-state index < -0.39 is 5.82 Å². The number of rotatable bonds is 3. The molecular formula is C16H15BrClFN2. The molecule has 0 radical (unpaired) electrons. The Kier molecular flexibility index (Phi) is 4.31. The molecule has 0 fully saturated rings. The van der Waals surface area contributed by atoms with E-state index in [2.05, 4.69) is 33.5 Å². The van der Waals surface area contributed by atoms with Crippen LogP contribution in [0.1, 0.15) is 35.1 Å². The van der Waals surface area contributed by atoms with Gasteiger partial charge in [0.05, 0.1) is 11.1 Å². The molecule has 2 aromatic carbocycles. The largest absolute Gasteiger partial charge is 0.271 e. The molecule has 0 heterocycles. The lowest BCUT2D eigenvalue weighted by atomic mass is 9.88. The molecule has 1 aliphatic carbocycles. The maximum atomic E-state index is 14.5. The summed E-state index contributed by atoms with van der Waals surface area (Å²) in [7, 11) is 0. The van der Waals surface area contributed by atoms with Gasteiger partial charge in [-0.3, -0.25) is 11.3 Å². The quantitative estimate of drug-likeness (QED) is 0.476. The Morgan fingerprint density at radius 2 is 2.05 bits per heavy atom. The van der Waals surface area contributed by atoms with Gasteiger partial charge >= 0.3 is 0 Å². The van der Waals surface area contributed by atoms with Crippen LogP contribution in [0.25, 0.3) is 0 Å². The highest BCUT2D eigenvalue weighted by Gasteiger charge is 2.32. The van der Waals surface area contributed by atoms with Crippen LogP contribution < -0.4 is 11.3 Å². The molecule has 2 unspecified atom stereocenters. The van der Waals surface area contributed by atoms with E-state index in [0.29, 0.717) is 10.0 Å². The van der Waals surface area contributed by atoms with E-state index in [1.54, 1.807) is 12.1 Å². The summed E-state index contributed by atoms with van der Waals surface area (Å²) in [6.07, 6.45) is 1.94. The number of aryl methyl sites for hydroxylation is 1. The Balaban J connectivity index is 2.03. The number of hydrazine groups is 1. The first-order chi connectivity index (χ1) is 10.1. The second-order valence-corrected chi connectivity index (χ2v) is 6.49. The van der Waals surface area contributed by atoms with E-state index in [1.807, 2.05) is 12.1 Å². The number of fused-ring (bicyclic) bond motifs is 1. The van der Waals surface area contributed by atoms with Crippen molar-refractivity contribution in [1.82, 2.24) is 5.43 Å². The number of benzene rings is 2. The molecule has 5 heteroatoms. The predicted molar refractivity (Wildman–Crippen MR) is 86.7 cm³/mol. The van der Waals surface area contributed by atoms with Crippen molar-refractivity contribution >= 4 is 27.5 Å². The van der Waals surface area contributed by atoms with Crippen molar-refractivity contribution in [3.8, 4) is 0 Å². The lowest BCUT2D eigenvalue weighted by molar-refractivity contribution is 0.434. The van der Waals surface area contributed by atoms with Crippen molar-refractivity contribution in [3.63, 3.8) is 0 Å². The highest BCUT2D eigenvalue weighted by Crippen LogP contribution is 2.43. The first kappa shape index (κ1) is 15.0. The fourth-order valence-electron chi connectivity index (χ4n) is 3.14. The molecular weight excluding hydrogens is 355 g/mol. The van der Waals surface area contributed by atoms with Gasteiger partial charge in [0, 0.05) is 16.0 Å². The van der Waals surface area contributed by atoms with Crippen molar-refractivity contribution in [2.45, 2.75) is 24.8 Å².